The molecule has 1 heteroatoms. The van der Waals surface area contributed by atoms with Crippen LogP contribution in [-0.4, -0.2) is 5.11 Å². The van der Waals surface area contributed by atoms with Gasteiger partial charge >= 0.3 is 0 Å². The van der Waals surface area contributed by atoms with Crippen LogP contribution in [0.3, 0.4) is 0 Å². The molecule has 0 rings (SSSR count). The zero-order valence-electron chi connectivity index (χ0n) is 11.9. The maximum absolute atomic E-state index is 8.53. The van der Waals surface area contributed by atoms with E-state index < -0.39 is 0 Å². The lowest BCUT2D eigenvalue weighted by atomic mass is 10.0. The van der Waals surface area contributed by atoms with Gasteiger partial charge in [-0.25, -0.2) is 0 Å². The molecule has 0 radical (unpaired) electrons. The van der Waals surface area contributed by atoms with Gasteiger partial charge in [0.15, 0.2) is 0 Å². The summed E-state index contributed by atoms with van der Waals surface area (Å²) in [4.78, 5) is 0. The summed E-state index contributed by atoms with van der Waals surface area (Å²) < 4.78 is 0. The Labute approximate surface area is 107 Å². The van der Waals surface area contributed by atoms with Crippen molar-refractivity contribution in [2.45, 2.75) is 59.8 Å². The monoisotopic (exact) mass is 236 g/mol. The van der Waals surface area contributed by atoms with E-state index in [2.05, 4.69) is 33.8 Å². The lowest BCUT2D eigenvalue weighted by molar-refractivity contribution is 0.473. The minimum atomic E-state index is 0.818. The average molecular weight is 236 g/mol. The quantitative estimate of drug-likeness (QED) is 0.332. The van der Waals surface area contributed by atoms with Crippen LogP contribution in [0.5, 0.6) is 0 Å². The molecule has 0 aromatic rings. The highest BCUT2D eigenvalue weighted by atomic mass is 16.2. The second-order valence-corrected chi connectivity index (χ2v) is 5.23. The first kappa shape index (κ1) is 16.0. The predicted molar refractivity (Wildman–Crippen MR) is 77.2 cm³/mol. The molecular weight excluding hydrogens is 208 g/mol. The molecule has 17 heavy (non-hydrogen) atoms. The van der Waals surface area contributed by atoms with Crippen LogP contribution >= 0.6 is 0 Å². The van der Waals surface area contributed by atoms with Gasteiger partial charge in [0, 0.05) is 0 Å². The summed E-state index contributed by atoms with van der Waals surface area (Å²) in [5.74, 6) is 0.818. The molecule has 0 atom stereocenters. The molecule has 0 aromatic carbocycles. The van der Waals surface area contributed by atoms with Gasteiger partial charge in [-0.3, -0.25) is 0 Å². The Morgan fingerprint density at radius 1 is 1.12 bits per heavy atom. The molecule has 0 heterocycles. The van der Waals surface area contributed by atoms with E-state index in [0.717, 1.165) is 25.0 Å². The molecule has 0 spiro atoms. The Bertz CT molecular complexity index is 269. The summed E-state index contributed by atoms with van der Waals surface area (Å²) in [6.45, 7) is 8.89. The van der Waals surface area contributed by atoms with E-state index in [1.54, 1.807) is 6.08 Å². The number of allylic oxidation sites excluding steroid dienone is 5. The van der Waals surface area contributed by atoms with Gasteiger partial charge < -0.3 is 5.11 Å². The fraction of sp³-hybridized carbons (Fsp3) is 0.625. The van der Waals surface area contributed by atoms with Crippen LogP contribution < -0.4 is 0 Å². The summed E-state index contributed by atoms with van der Waals surface area (Å²) in [6.07, 6.45) is 13.1. The van der Waals surface area contributed by atoms with Crippen LogP contribution in [0.15, 0.2) is 35.6 Å². The molecule has 0 amide bonds. The van der Waals surface area contributed by atoms with Gasteiger partial charge in [-0.15, -0.1) is 0 Å². The summed E-state index contributed by atoms with van der Waals surface area (Å²) in [6, 6.07) is 0. The lowest BCUT2D eigenvalue weighted by Gasteiger charge is -2.05. The molecule has 0 saturated carbocycles. The average Bonchev–Trinajstić information content (AvgIpc) is 2.25. The maximum Gasteiger partial charge on any atom is 0.0791 e. The van der Waals surface area contributed by atoms with Gasteiger partial charge in [0.25, 0.3) is 0 Å². The van der Waals surface area contributed by atoms with Crippen LogP contribution in [0, 0.1) is 5.92 Å². The fourth-order valence-electron chi connectivity index (χ4n) is 1.73. The van der Waals surface area contributed by atoms with Gasteiger partial charge in [-0.2, -0.15) is 0 Å². The molecule has 0 aromatic heterocycles. The molecule has 1 N–H and O–H groups in total. The number of aliphatic hydroxyl groups is 1. The largest absolute Gasteiger partial charge is 0.516 e. The van der Waals surface area contributed by atoms with E-state index in [0.29, 0.717) is 0 Å². The molecule has 0 aliphatic heterocycles. The first-order valence-corrected chi connectivity index (χ1v) is 6.68. The van der Waals surface area contributed by atoms with Crippen molar-refractivity contribution < 1.29 is 5.11 Å². The van der Waals surface area contributed by atoms with Crippen molar-refractivity contribution in [2.24, 2.45) is 5.92 Å². The van der Waals surface area contributed by atoms with Gasteiger partial charge in [0.1, 0.15) is 0 Å². The van der Waals surface area contributed by atoms with Crippen molar-refractivity contribution in [1.82, 2.24) is 0 Å². The van der Waals surface area contributed by atoms with Crippen LogP contribution in [0.1, 0.15) is 59.8 Å². The summed E-state index contributed by atoms with van der Waals surface area (Å²) in [5, 5.41) is 8.53. The third-order valence-corrected chi connectivity index (χ3v) is 2.85. The highest BCUT2D eigenvalue weighted by Gasteiger charge is 1.95. The summed E-state index contributed by atoms with van der Waals surface area (Å²) in [5.41, 5.74) is 2.82. The van der Waals surface area contributed by atoms with Crippen molar-refractivity contribution >= 4 is 0 Å². The molecule has 98 valence electrons. The minimum Gasteiger partial charge on any atom is -0.516 e. The highest BCUT2D eigenvalue weighted by molar-refractivity contribution is 5.10. The van der Waals surface area contributed by atoms with E-state index in [4.69, 9.17) is 5.11 Å². The second-order valence-electron chi connectivity index (χ2n) is 5.23. The number of aliphatic hydroxyl groups excluding tert-OH is 1. The lowest BCUT2D eigenvalue weighted by Crippen LogP contribution is -1.87. The van der Waals surface area contributed by atoms with Crippen molar-refractivity contribution in [3.8, 4) is 0 Å². The number of hydrogen-bond donors (Lipinski definition) is 1. The number of rotatable bonds is 8. The van der Waals surface area contributed by atoms with Crippen molar-refractivity contribution in [1.29, 1.82) is 0 Å². The van der Waals surface area contributed by atoms with E-state index in [1.165, 1.54) is 30.4 Å². The normalized spacial score (nSPS) is 13.9. The van der Waals surface area contributed by atoms with Crippen LogP contribution in [0.25, 0.3) is 0 Å². The Balaban J connectivity index is 3.76. The van der Waals surface area contributed by atoms with E-state index >= 15 is 0 Å². The van der Waals surface area contributed by atoms with Gasteiger partial charge in [-0.1, -0.05) is 43.6 Å². The first-order chi connectivity index (χ1) is 8.06. The third kappa shape index (κ3) is 11.3. The Morgan fingerprint density at radius 2 is 1.82 bits per heavy atom. The minimum absolute atomic E-state index is 0.818. The van der Waals surface area contributed by atoms with Crippen molar-refractivity contribution in [3.05, 3.63) is 35.6 Å². The smallest absolute Gasteiger partial charge is 0.0791 e. The van der Waals surface area contributed by atoms with Gasteiger partial charge in [0.2, 0.25) is 0 Å². The van der Waals surface area contributed by atoms with Crippen molar-refractivity contribution in [2.75, 3.05) is 0 Å². The second kappa shape index (κ2) is 10.2. The van der Waals surface area contributed by atoms with Gasteiger partial charge in [-0.05, 0) is 51.5 Å². The summed E-state index contributed by atoms with van der Waals surface area (Å²) >= 11 is 0. The number of hydrogen-bond acceptors (Lipinski definition) is 1. The molecule has 1 nitrogen and oxygen atoms in total. The molecule has 0 unspecified atom stereocenters. The molecule has 0 saturated heterocycles. The Kier molecular flexibility index (Phi) is 9.60. The molecule has 0 aliphatic rings. The van der Waals surface area contributed by atoms with Crippen LogP contribution in [-0.2, 0) is 0 Å². The van der Waals surface area contributed by atoms with E-state index in [9.17, 15) is 0 Å². The van der Waals surface area contributed by atoms with E-state index in [1.807, 2.05) is 6.08 Å². The Hall–Kier alpha value is -0.980. The zero-order chi connectivity index (χ0) is 13.1. The molecule has 0 bridgehead atoms. The predicted octanol–water partition coefficient (Wildman–Crippen LogP) is 5.56. The van der Waals surface area contributed by atoms with Crippen LogP contribution in [0.4, 0.5) is 0 Å². The SMILES string of the molecule is C/C(=C/CC/C(C)=C/C=CO)CCCC(C)C. The fourth-order valence-corrected chi connectivity index (χ4v) is 1.73. The van der Waals surface area contributed by atoms with Gasteiger partial charge in [0.05, 0.1) is 6.26 Å². The van der Waals surface area contributed by atoms with Crippen molar-refractivity contribution in [3.63, 3.8) is 0 Å². The maximum atomic E-state index is 8.53. The first-order valence-electron chi connectivity index (χ1n) is 6.68. The molecular formula is C16H28O. The third-order valence-electron chi connectivity index (χ3n) is 2.85. The standard InChI is InChI=1S/C16H28O/c1-14(2)8-5-9-15(3)10-6-11-16(4)12-7-13-17/h7,10,12-14,17H,5-6,8-9,11H2,1-4H3/b13-7?,15-10-,16-12+. The van der Waals surface area contributed by atoms with E-state index in [-0.39, 0.29) is 0 Å². The molecule has 0 fully saturated rings. The van der Waals surface area contributed by atoms with Crippen LogP contribution in [0.2, 0.25) is 0 Å². The zero-order valence-corrected chi connectivity index (χ0v) is 11.9. The summed E-state index contributed by atoms with van der Waals surface area (Å²) in [7, 11) is 0. The topological polar surface area (TPSA) is 20.2 Å². The molecule has 0 aliphatic carbocycles. The Morgan fingerprint density at radius 3 is 2.41 bits per heavy atom. The highest BCUT2D eigenvalue weighted by Crippen LogP contribution is 2.13.